The van der Waals surface area contributed by atoms with Crippen molar-refractivity contribution in [2.45, 2.75) is 15.2 Å². The van der Waals surface area contributed by atoms with Gasteiger partial charge in [-0.1, -0.05) is 145 Å². The lowest BCUT2D eigenvalue weighted by Gasteiger charge is -2.46. The summed E-state index contributed by atoms with van der Waals surface area (Å²) in [7, 11) is 0. The Labute approximate surface area is 329 Å². The van der Waals surface area contributed by atoms with Crippen molar-refractivity contribution in [2.24, 2.45) is 0 Å². The van der Waals surface area contributed by atoms with Gasteiger partial charge in [0.25, 0.3) is 0 Å². The largest absolute Gasteiger partial charge is 0.310 e. The SMILES string of the molecule is c1ccc(N(c2ccc3c(c2)C2(c4ccccc4Sc4ccccc42)c2cccc4cccc-3c24)c2ccc3c(c2)c2ccccc2n3-c2ccccc2)cc1. The number of aromatic nitrogens is 1. The van der Waals surface area contributed by atoms with Gasteiger partial charge in [0.1, 0.15) is 0 Å². The summed E-state index contributed by atoms with van der Waals surface area (Å²) in [6.07, 6.45) is 0. The van der Waals surface area contributed by atoms with Crippen molar-refractivity contribution in [3.8, 4) is 16.8 Å². The first-order valence-electron chi connectivity index (χ1n) is 19.3. The standard InChI is InChI=1S/C53H34N2S/c1-3-17-36(18-4-1)54(38-30-32-49-43(33-38)41-21-7-10-26-48(41)55(49)37-19-5-2-6-20-37)39-29-31-40-42-22-13-15-35-16-14-25-46(52(35)42)53(47(40)34-39)44-23-8-11-27-50(44)56-51-28-12-9-24-45(51)53/h1-34H. The van der Waals surface area contributed by atoms with Gasteiger partial charge in [0.15, 0.2) is 0 Å². The second kappa shape index (κ2) is 12.1. The predicted octanol–water partition coefficient (Wildman–Crippen LogP) is 14.2. The van der Waals surface area contributed by atoms with Crippen LogP contribution in [0.15, 0.2) is 216 Å². The molecule has 0 N–H and O–H groups in total. The van der Waals surface area contributed by atoms with E-state index in [1.54, 1.807) is 0 Å². The Hall–Kier alpha value is -6.81. The molecule has 0 radical (unpaired) electrons. The van der Waals surface area contributed by atoms with Gasteiger partial charge < -0.3 is 9.47 Å². The van der Waals surface area contributed by atoms with E-state index in [1.165, 1.54) is 75.7 Å². The third kappa shape index (κ3) is 4.35. The van der Waals surface area contributed by atoms with Gasteiger partial charge in [-0.2, -0.15) is 0 Å². The first kappa shape index (κ1) is 31.5. The summed E-state index contributed by atoms with van der Waals surface area (Å²) < 4.78 is 2.39. The van der Waals surface area contributed by atoms with Crippen LogP contribution in [0.2, 0.25) is 0 Å². The van der Waals surface area contributed by atoms with Crippen LogP contribution in [0.25, 0.3) is 49.4 Å². The molecule has 1 spiro atoms. The zero-order chi connectivity index (χ0) is 36.8. The summed E-state index contributed by atoms with van der Waals surface area (Å²) in [6, 6.07) is 76.4. The summed E-state index contributed by atoms with van der Waals surface area (Å²) in [6.45, 7) is 0. The maximum atomic E-state index is 2.50. The van der Waals surface area contributed by atoms with Crippen LogP contribution in [0.1, 0.15) is 22.3 Å². The lowest BCUT2D eigenvalue weighted by Crippen LogP contribution is -2.36. The van der Waals surface area contributed by atoms with Crippen LogP contribution >= 0.6 is 11.8 Å². The number of nitrogens with zero attached hydrogens (tertiary/aromatic N) is 2. The molecule has 10 aromatic rings. The number of hydrogen-bond donors (Lipinski definition) is 0. The summed E-state index contributed by atoms with van der Waals surface area (Å²) in [5.74, 6) is 0. The second-order valence-electron chi connectivity index (χ2n) is 14.8. The smallest absolute Gasteiger partial charge is 0.0736 e. The van der Waals surface area contributed by atoms with Gasteiger partial charge in [-0.15, -0.1) is 0 Å². The number of para-hydroxylation sites is 3. The highest BCUT2D eigenvalue weighted by Gasteiger charge is 2.48. The Bertz CT molecular complexity index is 3130. The maximum Gasteiger partial charge on any atom is 0.0736 e. The Morgan fingerprint density at radius 1 is 0.393 bits per heavy atom. The van der Waals surface area contributed by atoms with Crippen molar-refractivity contribution in [1.29, 1.82) is 0 Å². The van der Waals surface area contributed by atoms with E-state index in [-0.39, 0.29) is 0 Å². The van der Waals surface area contributed by atoms with Crippen LogP contribution in [0.5, 0.6) is 0 Å². The van der Waals surface area contributed by atoms with Gasteiger partial charge >= 0.3 is 0 Å². The van der Waals surface area contributed by atoms with E-state index in [2.05, 4.69) is 216 Å². The lowest BCUT2D eigenvalue weighted by atomic mass is 9.59. The zero-order valence-electron chi connectivity index (χ0n) is 30.4. The van der Waals surface area contributed by atoms with Crippen molar-refractivity contribution in [1.82, 2.24) is 4.57 Å². The molecule has 1 aromatic heterocycles. The van der Waals surface area contributed by atoms with Gasteiger partial charge in [-0.25, -0.2) is 0 Å². The van der Waals surface area contributed by atoms with Gasteiger partial charge in [0, 0.05) is 43.3 Å². The van der Waals surface area contributed by atoms with E-state index in [9.17, 15) is 0 Å². The Morgan fingerprint density at radius 2 is 1.00 bits per heavy atom. The van der Waals surface area contributed by atoms with E-state index < -0.39 is 5.41 Å². The monoisotopic (exact) mass is 730 g/mol. The average Bonchev–Trinajstić information content (AvgIpc) is 3.59. The van der Waals surface area contributed by atoms with E-state index in [0.29, 0.717) is 0 Å². The average molecular weight is 731 g/mol. The molecule has 0 atom stereocenters. The number of rotatable bonds is 4. The van der Waals surface area contributed by atoms with E-state index in [0.717, 1.165) is 22.7 Å². The minimum atomic E-state index is -0.521. The van der Waals surface area contributed by atoms with Gasteiger partial charge in [0.05, 0.1) is 16.4 Å². The third-order valence-corrected chi connectivity index (χ3v) is 13.2. The van der Waals surface area contributed by atoms with Gasteiger partial charge in [0.2, 0.25) is 0 Å². The normalized spacial score (nSPS) is 13.4. The van der Waals surface area contributed by atoms with Crippen molar-refractivity contribution in [3.05, 3.63) is 229 Å². The summed E-state index contributed by atoms with van der Waals surface area (Å²) >= 11 is 1.89. The molecule has 2 heterocycles. The molecule has 0 unspecified atom stereocenters. The number of anilines is 3. The van der Waals surface area contributed by atoms with Gasteiger partial charge in [-0.05, 0) is 117 Å². The Kier molecular flexibility index (Phi) is 6.81. The molecule has 2 nitrogen and oxygen atoms in total. The molecule has 0 saturated heterocycles. The fourth-order valence-electron chi connectivity index (χ4n) is 9.79. The minimum absolute atomic E-state index is 0.521. The van der Waals surface area contributed by atoms with E-state index in [4.69, 9.17) is 0 Å². The van der Waals surface area contributed by atoms with E-state index in [1.807, 2.05) is 11.8 Å². The van der Waals surface area contributed by atoms with Crippen molar-refractivity contribution >= 4 is 61.4 Å². The topological polar surface area (TPSA) is 8.17 Å². The predicted molar refractivity (Wildman–Crippen MR) is 234 cm³/mol. The van der Waals surface area contributed by atoms with Crippen molar-refractivity contribution in [2.75, 3.05) is 4.90 Å². The molecular weight excluding hydrogens is 697 g/mol. The van der Waals surface area contributed by atoms with Crippen molar-refractivity contribution in [3.63, 3.8) is 0 Å². The Balaban J connectivity index is 1.16. The molecule has 56 heavy (non-hydrogen) atoms. The van der Waals surface area contributed by atoms with E-state index >= 15 is 0 Å². The summed E-state index contributed by atoms with van der Waals surface area (Å²) in [4.78, 5) is 5.05. The molecule has 0 amide bonds. The quantitative estimate of drug-likeness (QED) is 0.178. The summed E-state index contributed by atoms with van der Waals surface area (Å²) in [5.41, 5.74) is 14.3. The minimum Gasteiger partial charge on any atom is -0.310 e. The van der Waals surface area contributed by atoms with Crippen molar-refractivity contribution < 1.29 is 0 Å². The third-order valence-electron chi connectivity index (χ3n) is 12.0. The van der Waals surface area contributed by atoms with Gasteiger partial charge in [-0.3, -0.25) is 0 Å². The van der Waals surface area contributed by atoms with Crippen LogP contribution < -0.4 is 4.90 Å². The first-order valence-corrected chi connectivity index (χ1v) is 20.1. The number of fused-ring (bicyclic) bond motifs is 11. The molecule has 1 aliphatic carbocycles. The molecule has 9 aromatic carbocycles. The molecule has 3 heteroatoms. The molecular formula is C53H34N2S. The number of hydrogen-bond acceptors (Lipinski definition) is 2. The number of benzene rings is 9. The van der Waals surface area contributed by atoms with Crippen LogP contribution in [-0.2, 0) is 5.41 Å². The molecule has 262 valence electrons. The van der Waals surface area contributed by atoms with Crippen LogP contribution in [-0.4, -0.2) is 4.57 Å². The molecule has 1 aliphatic heterocycles. The highest BCUT2D eigenvalue weighted by Crippen LogP contribution is 2.61. The van der Waals surface area contributed by atoms with Crippen LogP contribution in [0, 0.1) is 0 Å². The fourth-order valence-corrected chi connectivity index (χ4v) is 11.0. The molecule has 0 saturated carbocycles. The lowest BCUT2D eigenvalue weighted by molar-refractivity contribution is 0.707. The molecule has 0 bridgehead atoms. The van der Waals surface area contributed by atoms with Crippen LogP contribution in [0.3, 0.4) is 0 Å². The van der Waals surface area contributed by atoms with Crippen LogP contribution in [0.4, 0.5) is 17.1 Å². The molecule has 0 fully saturated rings. The zero-order valence-corrected chi connectivity index (χ0v) is 31.2. The molecule has 2 aliphatic rings. The molecule has 12 rings (SSSR count). The first-order chi connectivity index (χ1) is 27.8. The maximum absolute atomic E-state index is 2.50. The summed E-state index contributed by atoms with van der Waals surface area (Å²) in [5, 5.41) is 5.08. The highest BCUT2D eigenvalue weighted by atomic mass is 32.2. The Morgan fingerprint density at radius 3 is 1.79 bits per heavy atom. The fraction of sp³-hybridized carbons (Fsp3) is 0.0189. The highest BCUT2D eigenvalue weighted by molar-refractivity contribution is 7.99. The second-order valence-corrected chi connectivity index (χ2v) is 15.9.